The van der Waals surface area contributed by atoms with Gasteiger partial charge in [0.25, 0.3) is 5.91 Å². The third kappa shape index (κ3) is 8.93. The maximum atomic E-state index is 13.8. The highest BCUT2D eigenvalue weighted by molar-refractivity contribution is 5.99. The van der Waals surface area contributed by atoms with E-state index in [2.05, 4.69) is 25.8 Å². The number of β-amino-alcohol motifs (C(OH)–C–C–N with tert-alkyl or cyclic N) is 1. The fourth-order valence-electron chi connectivity index (χ4n) is 7.10. The highest BCUT2D eigenvalue weighted by Gasteiger charge is 2.41. The molecule has 250 valence electrons. The average molecular weight is 643 g/mol. The van der Waals surface area contributed by atoms with Gasteiger partial charge in [-0.2, -0.15) is 0 Å². The number of fused-ring (bicyclic) bond motifs is 2. The van der Waals surface area contributed by atoms with Crippen LogP contribution in [0.5, 0.6) is 0 Å². The third-order valence-corrected chi connectivity index (χ3v) is 9.53. The predicted octanol–water partition coefficient (Wildman–Crippen LogP) is 2.31. The topological polar surface area (TPSA) is 167 Å². The molecule has 47 heavy (non-hydrogen) atoms. The molecule has 1 saturated carbocycles. The molecular weight excluding hydrogens is 596 g/mol. The number of hydrogen-bond acceptors (Lipinski definition) is 7. The molecule has 5 rings (SSSR count). The number of aliphatic hydroxyl groups excluding tert-OH is 1. The molecule has 2 heterocycles. The van der Waals surface area contributed by atoms with Gasteiger partial charge in [0.2, 0.25) is 17.7 Å². The van der Waals surface area contributed by atoms with E-state index in [9.17, 15) is 24.3 Å². The Morgan fingerprint density at radius 3 is 2.43 bits per heavy atom. The SMILES string of the molecule is CCNC(=O)C1CC2CCCCC2CN1CC(O)C(Cc1ccccc1)NC(=O)C(CC(N)=O)NC(=O)c1ccc2ccccc2n1. The molecule has 1 saturated heterocycles. The maximum absolute atomic E-state index is 13.8. The lowest BCUT2D eigenvalue weighted by molar-refractivity contribution is -0.132. The Morgan fingerprint density at radius 1 is 0.957 bits per heavy atom. The molecule has 4 amide bonds. The lowest BCUT2D eigenvalue weighted by atomic mass is 9.72. The summed E-state index contributed by atoms with van der Waals surface area (Å²) >= 11 is 0. The largest absolute Gasteiger partial charge is 0.390 e. The average Bonchev–Trinajstić information content (AvgIpc) is 3.07. The molecule has 2 aliphatic rings. The number of primary amides is 1. The number of carbonyl (C=O) groups is 4. The molecule has 1 aliphatic carbocycles. The number of pyridine rings is 1. The van der Waals surface area contributed by atoms with Crippen molar-refractivity contribution in [1.82, 2.24) is 25.8 Å². The molecule has 3 aromatic rings. The Hall–Kier alpha value is -4.35. The smallest absolute Gasteiger partial charge is 0.270 e. The molecule has 2 fully saturated rings. The van der Waals surface area contributed by atoms with Crippen LogP contribution in [0.1, 0.15) is 61.5 Å². The number of nitrogens with two attached hydrogens (primary N) is 1. The summed E-state index contributed by atoms with van der Waals surface area (Å²) in [7, 11) is 0. The van der Waals surface area contributed by atoms with E-state index in [4.69, 9.17) is 5.73 Å². The minimum atomic E-state index is -1.29. The number of amides is 4. The molecule has 1 aromatic heterocycles. The molecular formula is C36H46N6O5. The number of aromatic nitrogens is 1. The van der Waals surface area contributed by atoms with Gasteiger partial charge in [0.05, 0.1) is 30.1 Å². The van der Waals surface area contributed by atoms with Crippen molar-refractivity contribution in [2.24, 2.45) is 17.6 Å². The lowest BCUT2D eigenvalue weighted by Crippen LogP contribution is -2.60. The Labute approximate surface area is 275 Å². The predicted molar refractivity (Wildman–Crippen MR) is 179 cm³/mol. The van der Waals surface area contributed by atoms with Crippen LogP contribution in [0.4, 0.5) is 0 Å². The molecule has 11 heteroatoms. The Morgan fingerprint density at radius 2 is 1.68 bits per heavy atom. The van der Waals surface area contributed by atoms with Crippen LogP contribution in [0.15, 0.2) is 66.7 Å². The summed E-state index contributed by atoms with van der Waals surface area (Å²) in [5, 5.41) is 21.1. The first kappa shape index (κ1) is 34.0. The van der Waals surface area contributed by atoms with E-state index in [0.717, 1.165) is 36.6 Å². The van der Waals surface area contributed by atoms with Gasteiger partial charge >= 0.3 is 0 Å². The highest BCUT2D eigenvalue weighted by atomic mass is 16.3. The molecule has 6 N–H and O–H groups in total. The Kier molecular flexibility index (Phi) is 11.6. The van der Waals surface area contributed by atoms with Crippen LogP contribution >= 0.6 is 0 Å². The molecule has 2 aromatic carbocycles. The number of hydrogen-bond donors (Lipinski definition) is 5. The number of para-hydroxylation sites is 1. The first-order valence-corrected chi connectivity index (χ1v) is 16.7. The van der Waals surface area contributed by atoms with Crippen LogP contribution in [0.25, 0.3) is 10.9 Å². The zero-order valence-corrected chi connectivity index (χ0v) is 26.9. The van der Waals surface area contributed by atoms with Crippen molar-refractivity contribution in [1.29, 1.82) is 0 Å². The number of carbonyl (C=O) groups excluding carboxylic acids is 4. The van der Waals surface area contributed by atoms with Gasteiger partial charge in [-0.1, -0.05) is 73.9 Å². The molecule has 1 aliphatic heterocycles. The quantitative estimate of drug-likeness (QED) is 0.191. The van der Waals surface area contributed by atoms with Gasteiger partial charge in [-0.05, 0) is 55.7 Å². The molecule has 6 unspecified atom stereocenters. The van der Waals surface area contributed by atoms with Crippen LogP contribution < -0.4 is 21.7 Å². The van der Waals surface area contributed by atoms with E-state index >= 15 is 0 Å². The first-order chi connectivity index (χ1) is 22.7. The molecule has 6 atom stereocenters. The molecule has 0 spiro atoms. The van der Waals surface area contributed by atoms with Gasteiger partial charge in [-0.15, -0.1) is 0 Å². The van der Waals surface area contributed by atoms with Gasteiger partial charge in [0.1, 0.15) is 11.7 Å². The summed E-state index contributed by atoms with van der Waals surface area (Å²) in [6, 6.07) is 17.7. The number of nitrogens with zero attached hydrogens (tertiary/aromatic N) is 2. The van der Waals surface area contributed by atoms with Crippen molar-refractivity contribution in [2.45, 2.75) is 76.1 Å². The zero-order chi connectivity index (χ0) is 33.3. The second kappa shape index (κ2) is 16.0. The fourth-order valence-corrected chi connectivity index (χ4v) is 7.10. The van der Waals surface area contributed by atoms with Crippen molar-refractivity contribution in [3.63, 3.8) is 0 Å². The number of nitrogens with one attached hydrogen (secondary N) is 3. The third-order valence-electron chi connectivity index (χ3n) is 9.53. The monoisotopic (exact) mass is 642 g/mol. The minimum Gasteiger partial charge on any atom is -0.390 e. The van der Waals surface area contributed by atoms with Crippen molar-refractivity contribution in [2.75, 3.05) is 19.6 Å². The van der Waals surface area contributed by atoms with E-state index in [-0.39, 0.29) is 24.2 Å². The van der Waals surface area contributed by atoms with Gasteiger partial charge in [0.15, 0.2) is 0 Å². The summed E-state index contributed by atoms with van der Waals surface area (Å²) in [5.74, 6) is -1.14. The summed E-state index contributed by atoms with van der Waals surface area (Å²) < 4.78 is 0. The van der Waals surface area contributed by atoms with E-state index in [1.807, 2.05) is 55.5 Å². The second-order valence-electron chi connectivity index (χ2n) is 12.9. The zero-order valence-electron chi connectivity index (χ0n) is 26.9. The fraction of sp³-hybridized carbons (Fsp3) is 0.472. The van der Waals surface area contributed by atoms with Crippen molar-refractivity contribution >= 4 is 34.5 Å². The molecule has 0 radical (unpaired) electrons. The number of likely N-dealkylation sites (N-methyl/N-ethyl adjacent to an activating group) is 1. The summed E-state index contributed by atoms with van der Waals surface area (Å²) in [6.07, 6.45) is 4.11. The van der Waals surface area contributed by atoms with Crippen molar-refractivity contribution in [3.05, 3.63) is 78.0 Å². The van der Waals surface area contributed by atoms with Gasteiger partial charge in [-0.3, -0.25) is 24.1 Å². The number of piperidine rings is 1. The summed E-state index contributed by atoms with van der Waals surface area (Å²) in [5.41, 5.74) is 7.10. The van der Waals surface area contributed by atoms with Crippen LogP contribution in [0.2, 0.25) is 0 Å². The van der Waals surface area contributed by atoms with Crippen LogP contribution in [0.3, 0.4) is 0 Å². The molecule has 0 bridgehead atoms. The Bertz CT molecular complexity index is 1550. The summed E-state index contributed by atoms with van der Waals surface area (Å²) in [6.45, 7) is 3.30. The van der Waals surface area contributed by atoms with E-state index < -0.39 is 42.3 Å². The highest BCUT2D eigenvalue weighted by Crippen LogP contribution is 2.38. The van der Waals surface area contributed by atoms with Crippen LogP contribution in [0, 0.1) is 11.8 Å². The normalized spacial score (nSPS) is 21.5. The van der Waals surface area contributed by atoms with Gasteiger partial charge in [0, 0.05) is 25.0 Å². The minimum absolute atomic E-state index is 0.0427. The van der Waals surface area contributed by atoms with Crippen LogP contribution in [-0.4, -0.2) is 82.5 Å². The van der Waals surface area contributed by atoms with Gasteiger partial charge < -0.3 is 26.8 Å². The van der Waals surface area contributed by atoms with Crippen molar-refractivity contribution in [3.8, 4) is 0 Å². The number of aliphatic hydroxyl groups is 1. The van der Waals surface area contributed by atoms with E-state index in [0.29, 0.717) is 36.9 Å². The Balaban J connectivity index is 1.34. The van der Waals surface area contributed by atoms with Crippen LogP contribution in [-0.2, 0) is 20.8 Å². The first-order valence-electron chi connectivity index (χ1n) is 16.7. The number of rotatable bonds is 13. The lowest BCUT2D eigenvalue weighted by Gasteiger charge is -2.46. The molecule has 11 nitrogen and oxygen atoms in total. The van der Waals surface area contributed by atoms with Crippen molar-refractivity contribution < 1.29 is 24.3 Å². The number of benzene rings is 2. The maximum Gasteiger partial charge on any atom is 0.270 e. The van der Waals surface area contributed by atoms with E-state index in [1.165, 1.54) is 6.42 Å². The second-order valence-corrected chi connectivity index (χ2v) is 12.9. The number of likely N-dealkylation sites (tertiary alicyclic amines) is 1. The van der Waals surface area contributed by atoms with E-state index in [1.54, 1.807) is 18.2 Å². The summed E-state index contributed by atoms with van der Waals surface area (Å²) in [4.78, 5) is 58.7. The standard InChI is InChI=1S/C36H46N6O5/c1-2-38-36(47)31-19-25-13-6-7-14-26(25)21-42(31)22-32(43)29(18-23-10-4-3-5-11-23)40-35(46)30(20-33(37)44)41-34(45)28-17-16-24-12-8-9-15-27(24)39-28/h3-5,8-12,15-17,25-26,29-32,43H,2,6-7,13-14,18-22H2,1H3,(H2,37,44)(H,38,47)(H,40,46)(H,41,45). The van der Waals surface area contributed by atoms with Gasteiger partial charge in [-0.25, -0.2) is 4.98 Å².